The van der Waals surface area contributed by atoms with Crippen molar-refractivity contribution in [1.82, 2.24) is 9.55 Å². The predicted octanol–water partition coefficient (Wildman–Crippen LogP) is 1.90. The van der Waals surface area contributed by atoms with E-state index in [4.69, 9.17) is 5.73 Å². The normalized spacial score (nSPS) is 10.8. The van der Waals surface area contributed by atoms with Gasteiger partial charge in [-0.25, -0.2) is 4.79 Å². The van der Waals surface area contributed by atoms with E-state index in [0.29, 0.717) is 13.1 Å². The lowest BCUT2D eigenvalue weighted by Gasteiger charge is -2.13. The summed E-state index contributed by atoms with van der Waals surface area (Å²) in [5.41, 5.74) is 5.31. The van der Waals surface area contributed by atoms with Crippen LogP contribution in [0.15, 0.2) is 21.7 Å². The van der Waals surface area contributed by atoms with Crippen LogP contribution in [-0.2, 0) is 13.1 Å². The number of nitrogens with zero attached hydrogens (tertiary/aromatic N) is 1. The van der Waals surface area contributed by atoms with E-state index in [9.17, 15) is 9.59 Å². The molecule has 4 N–H and O–H groups in total. The number of rotatable bonds is 6. The molecule has 0 aliphatic rings. The Morgan fingerprint density at radius 3 is 2.76 bits per heavy atom. The summed E-state index contributed by atoms with van der Waals surface area (Å²) in [6.45, 7) is 5.08. The highest BCUT2D eigenvalue weighted by molar-refractivity contribution is 7.11. The summed E-state index contributed by atoms with van der Waals surface area (Å²) < 4.78 is 1.41. The Hall–Kier alpha value is -2.02. The van der Waals surface area contributed by atoms with E-state index in [2.05, 4.69) is 10.3 Å². The molecule has 2 aromatic rings. The highest BCUT2D eigenvalue weighted by Crippen LogP contribution is 2.18. The van der Waals surface area contributed by atoms with Crippen LogP contribution >= 0.6 is 11.3 Å². The van der Waals surface area contributed by atoms with Gasteiger partial charge in [-0.15, -0.1) is 11.3 Å². The molecule has 0 aromatic carbocycles. The summed E-state index contributed by atoms with van der Waals surface area (Å²) in [5.74, 6) is 0.200. The zero-order valence-corrected chi connectivity index (χ0v) is 13.0. The zero-order valence-electron chi connectivity index (χ0n) is 12.2. The Labute approximate surface area is 126 Å². The molecule has 0 amide bonds. The van der Waals surface area contributed by atoms with Gasteiger partial charge < -0.3 is 11.1 Å². The Morgan fingerprint density at radius 1 is 1.38 bits per heavy atom. The number of hydrogen-bond acceptors (Lipinski definition) is 5. The average Bonchev–Trinajstić information content (AvgIpc) is 2.84. The van der Waals surface area contributed by atoms with Crippen molar-refractivity contribution in [3.8, 4) is 0 Å². The maximum atomic E-state index is 11.9. The number of hydrogen-bond donors (Lipinski definition) is 3. The first-order valence-corrected chi connectivity index (χ1v) is 7.76. The number of aromatic nitrogens is 2. The molecule has 2 heterocycles. The first-order valence-electron chi connectivity index (χ1n) is 6.94. The first kappa shape index (κ1) is 15.4. The van der Waals surface area contributed by atoms with Crippen molar-refractivity contribution in [2.24, 2.45) is 0 Å². The number of aromatic amines is 1. The van der Waals surface area contributed by atoms with E-state index in [1.54, 1.807) is 11.3 Å². The summed E-state index contributed by atoms with van der Waals surface area (Å²) >= 11 is 1.66. The van der Waals surface area contributed by atoms with Crippen LogP contribution in [0.25, 0.3) is 0 Å². The number of H-pyrrole nitrogens is 1. The summed E-state index contributed by atoms with van der Waals surface area (Å²) in [6.07, 6.45) is 1.78. The van der Waals surface area contributed by atoms with Gasteiger partial charge in [-0.05, 0) is 25.5 Å². The number of nitrogens with two attached hydrogens (primary N) is 1. The topological polar surface area (TPSA) is 92.9 Å². The highest BCUT2D eigenvalue weighted by Gasteiger charge is 2.12. The van der Waals surface area contributed by atoms with Gasteiger partial charge in [-0.2, -0.15) is 0 Å². The number of unbranched alkanes of at least 4 members (excludes halogenated alkanes) is 1. The van der Waals surface area contributed by atoms with E-state index in [1.807, 2.05) is 26.0 Å². The average molecular weight is 308 g/mol. The van der Waals surface area contributed by atoms with Gasteiger partial charge in [0.05, 0.1) is 0 Å². The van der Waals surface area contributed by atoms with Gasteiger partial charge in [0, 0.05) is 22.8 Å². The summed E-state index contributed by atoms with van der Waals surface area (Å²) in [5, 5.41) is 3.04. The van der Waals surface area contributed by atoms with E-state index >= 15 is 0 Å². The molecule has 0 bridgehead atoms. The number of aryl methyl sites for hydroxylation is 1. The molecule has 0 saturated carbocycles. The fourth-order valence-corrected chi connectivity index (χ4v) is 2.88. The largest absolute Gasteiger partial charge is 0.383 e. The van der Waals surface area contributed by atoms with E-state index in [0.717, 1.165) is 17.7 Å². The van der Waals surface area contributed by atoms with Crippen molar-refractivity contribution in [2.45, 2.75) is 39.8 Å². The second kappa shape index (κ2) is 6.62. The standard InChI is InChI=1S/C14H20N4O2S/c1-3-4-7-18-12(15)11(13(19)17-14(18)20)16-8-10-6-5-9(2)21-10/h5-6,16H,3-4,7-8,15H2,1-2H3,(H,17,19,20). The number of nitrogen functional groups attached to an aromatic ring is 1. The van der Waals surface area contributed by atoms with Crippen LogP contribution in [0.1, 0.15) is 29.5 Å². The molecule has 2 rings (SSSR count). The van der Waals surface area contributed by atoms with Gasteiger partial charge in [0.15, 0.2) is 0 Å². The highest BCUT2D eigenvalue weighted by atomic mass is 32.1. The van der Waals surface area contributed by atoms with Gasteiger partial charge in [-0.3, -0.25) is 14.3 Å². The fraction of sp³-hybridized carbons (Fsp3) is 0.429. The molecule has 6 nitrogen and oxygen atoms in total. The minimum atomic E-state index is -0.474. The lowest BCUT2D eigenvalue weighted by molar-refractivity contribution is 0.605. The molecule has 2 aromatic heterocycles. The molecule has 0 spiro atoms. The van der Waals surface area contributed by atoms with E-state index in [-0.39, 0.29) is 11.5 Å². The van der Waals surface area contributed by atoms with Gasteiger partial charge >= 0.3 is 5.69 Å². The van der Waals surface area contributed by atoms with Crippen molar-refractivity contribution in [3.05, 3.63) is 42.7 Å². The van der Waals surface area contributed by atoms with E-state index < -0.39 is 11.2 Å². The molecular weight excluding hydrogens is 288 g/mol. The van der Waals surface area contributed by atoms with Crippen molar-refractivity contribution < 1.29 is 0 Å². The number of nitrogens with one attached hydrogen (secondary N) is 2. The van der Waals surface area contributed by atoms with Gasteiger partial charge in [0.2, 0.25) is 0 Å². The van der Waals surface area contributed by atoms with Crippen LogP contribution in [0.2, 0.25) is 0 Å². The minimum Gasteiger partial charge on any atom is -0.383 e. The molecule has 114 valence electrons. The third kappa shape index (κ3) is 3.55. The van der Waals surface area contributed by atoms with Gasteiger partial charge in [0.25, 0.3) is 5.56 Å². The van der Waals surface area contributed by atoms with Crippen molar-refractivity contribution in [2.75, 3.05) is 11.1 Å². The van der Waals surface area contributed by atoms with Crippen molar-refractivity contribution in [3.63, 3.8) is 0 Å². The Bertz CT molecular complexity index is 729. The summed E-state index contributed by atoms with van der Waals surface area (Å²) in [4.78, 5) is 28.3. The Kier molecular flexibility index (Phi) is 4.85. The van der Waals surface area contributed by atoms with Crippen LogP contribution in [0, 0.1) is 6.92 Å². The molecule has 0 fully saturated rings. The predicted molar refractivity (Wildman–Crippen MR) is 87.0 cm³/mol. The fourth-order valence-electron chi connectivity index (χ4n) is 2.05. The van der Waals surface area contributed by atoms with Crippen LogP contribution < -0.4 is 22.3 Å². The molecule has 0 radical (unpaired) electrons. The number of thiophene rings is 1. The van der Waals surface area contributed by atoms with Crippen LogP contribution in [-0.4, -0.2) is 9.55 Å². The molecule has 0 unspecified atom stereocenters. The quantitative estimate of drug-likeness (QED) is 0.760. The molecule has 0 atom stereocenters. The third-order valence-electron chi connectivity index (χ3n) is 3.21. The monoisotopic (exact) mass is 308 g/mol. The second-order valence-corrected chi connectivity index (χ2v) is 6.26. The maximum absolute atomic E-state index is 11.9. The lowest BCUT2D eigenvalue weighted by Crippen LogP contribution is -2.34. The SMILES string of the molecule is CCCCn1c(N)c(NCc2ccc(C)s2)c(=O)[nH]c1=O. The maximum Gasteiger partial charge on any atom is 0.330 e. The molecule has 0 aliphatic heterocycles. The molecule has 7 heteroatoms. The first-order chi connectivity index (χ1) is 10.0. The summed E-state index contributed by atoms with van der Waals surface area (Å²) in [6, 6.07) is 4.03. The molecule has 21 heavy (non-hydrogen) atoms. The third-order valence-corrected chi connectivity index (χ3v) is 4.21. The molecule has 0 aliphatic carbocycles. The Balaban J connectivity index is 2.26. The van der Waals surface area contributed by atoms with Crippen LogP contribution in [0.4, 0.5) is 11.5 Å². The molecular formula is C14H20N4O2S. The van der Waals surface area contributed by atoms with Crippen LogP contribution in [0.5, 0.6) is 0 Å². The van der Waals surface area contributed by atoms with Crippen molar-refractivity contribution >= 4 is 22.8 Å². The van der Waals surface area contributed by atoms with Crippen LogP contribution in [0.3, 0.4) is 0 Å². The minimum absolute atomic E-state index is 0.200. The summed E-state index contributed by atoms with van der Waals surface area (Å²) in [7, 11) is 0. The lowest BCUT2D eigenvalue weighted by atomic mass is 10.3. The smallest absolute Gasteiger partial charge is 0.330 e. The van der Waals surface area contributed by atoms with E-state index in [1.165, 1.54) is 9.44 Å². The van der Waals surface area contributed by atoms with Gasteiger partial charge in [0.1, 0.15) is 11.5 Å². The van der Waals surface area contributed by atoms with Crippen molar-refractivity contribution in [1.29, 1.82) is 0 Å². The second-order valence-electron chi connectivity index (χ2n) is 4.89. The van der Waals surface area contributed by atoms with Gasteiger partial charge in [-0.1, -0.05) is 13.3 Å². The zero-order chi connectivity index (χ0) is 15.4. The Morgan fingerprint density at radius 2 is 2.14 bits per heavy atom. The molecule has 0 saturated heterocycles. The number of anilines is 2.